The molecule has 13 heteroatoms. The summed E-state index contributed by atoms with van der Waals surface area (Å²) in [5, 5.41) is 7.67. The monoisotopic (exact) mass is 584 g/mol. The largest absolute Gasteiger partial charge is 0.353 e. The predicted molar refractivity (Wildman–Crippen MR) is 153 cm³/mol. The van der Waals surface area contributed by atoms with Gasteiger partial charge in [0.25, 0.3) is 5.92 Å². The lowest BCUT2D eigenvalue weighted by Crippen LogP contribution is -2.50. The standard InChI is InChI=1S/C28H31F3N8OS/c1-3-21-26(35(2)27-33-22(17-41-27)19-4-6-20(29)7-5-19)39-23(32-21)8-9-24(34-39)37-14-12-36(13-15-37)16-25(40)38-11-10-28(30,31)18-38/h4-9,17H,3,10-16,18H2,1-2H3. The van der Waals surface area contributed by atoms with Crippen LogP contribution in [-0.4, -0.2) is 94.1 Å². The summed E-state index contributed by atoms with van der Waals surface area (Å²) in [4.78, 5) is 29.6. The van der Waals surface area contributed by atoms with Crippen molar-refractivity contribution < 1.29 is 18.0 Å². The van der Waals surface area contributed by atoms with Crippen LogP contribution in [0.2, 0.25) is 0 Å². The molecule has 5 heterocycles. The quantitative estimate of drug-likeness (QED) is 0.321. The van der Waals surface area contributed by atoms with Gasteiger partial charge in [-0.3, -0.25) is 9.69 Å². The van der Waals surface area contributed by atoms with Crippen molar-refractivity contribution in [1.82, 2.24) is 29.4 Å². The number of hydrogen-bond acceptors (Lipinski definition) is 8. The Bertz CT molecular complexity index is 1550. The lowest BCUT2D eigenvalue weighted by atomic mass is 10.2. The van der Waals surface area contributed by atoms with Gasteiger partial charge >= 0.3 is 0 Å². The molecule has 0 unspecified atom stereocenters. The number of fused-ring (bicyclic) bond motifs is 1. The normalized spacial score (nSPS) is 17.5. The molecule has 2 aliphatic heterocycles. The molecule has 0 aliphatic carbocycles. The van der Waals surface area contributed by atoms with Crippen molar-refractivity contribution in [3.63, 3.8) is 0 Å². The maximum atomic E-state index is 13.5. The van der Waals surface area contributed by atoms with Crippen molar-refractivity contribution >= 4 is 39.7 Å². The number of amides is 1. The zero-order valence-electron chi connectivity index (χ0n) is 22.9. The summed E-state index contributed by atoms with van der Waals surface area (Å²) in [6, 6.07) is 10.2. The van der Waals surface area contributed by atoms with Gasteiger partial charge in [0.2, 0.25) is 5.91 Å². The van der Waals surface area contributed by atoms with Gasteiger partial charge in [-0.2, -0.15) is 4.52 Å². The maximum Gasteiger partial charge on any atom is 0.267 e. The summed E-state index contributed by atoms with van der Waals surface area (Å²) in [6.07, 6.45) is 0.452. The topological polar surface area (TPSA) is 73.1 Å². The molecular formula is C28H31F3N8OS. The maximum absolute atomic E-state index is 13.5. The van der Waals surface area contributed by atoms with Crippen LogP contribution >= 0.6 is 11.3 Å². The Morgan fingerprint density at radius 3 is 2.49 bits per heavy atom. The Hall–Kier alpha value is -3.71. The van der Waals surface area contributed by atoms with Gasteiger partial charge in [0.1, 0.15) is 11.6 Å². The third-order valence-electron chi connectivity index (χ3n) is 7.66. The van der Waals surface area contributed by atoms with Crippen LogP contribution < -0.4 is 9.80 Å². The van der Waals surface area contributed by atoms with Crippen molar-refractivity contribution in [2.24, 2.45) is 0 Å². The minimum atomic E-state index is -2.78. The highest BCUT2D eigenvalue weighted by atomic mass is 32.1. The number of imidazole rings is 1. The van der Waals surface area contributed by atoms with E-state index in [1.165, 1.54) is 28.4 Å². The Kier molecular flexibility index (Phi) is 7.32. The van der Waals surface area contributed by atoms with Crippen molar-refractivity contribution in [1.29, 1.82) is 0 Å². The fourth-order valence-electron chi connectivity index (χ4n) is 5.34. The van der Waals surface area contributed by atoms with Crippen molar-refractivity contribution in [3.05, 3.63) is 53.3 Å². The number of piperazine rings is 1. The van der Waals surface area contributed by atoms with Crippen LogP contribution in [0.5, 0.6) is 0 Å². The fraction of sp³-hybridized carbons (Fsp3) is 0.429. The zero-order chi connectivity index (χ0) is 28.7. The van der Waals surface area contributed by atoms with Crippen LogP contribution in [-0.2, 0) is 11.2 Å². The van der Waals surface area contributed by atoms with Crippen LogP contribution in [0.15, 0.2) is 41.8 Å². The first-order chi connectivity index (χ1) is 19.7. The smallest absolute Gasteiger partial charge is 0.267 e. The summed E-state index contributed by atoms with van der Waals surface area (Å²) < 4.78 is 42.3. The van der Waals surface area contributed by atoms with Crippen LogP contribution in [0.3, 0.4) is 0 Å². The predicted octanol–water partition coefficient (Wildman–Crippen LogP) is 4.31. The number of benzene rings is 1. The average molecular weight is 585 g/mol. The first kappa shape index (κ1) is 27.5. The number of carbonyl (C=O) groups is 1. The molecule has 9 nitrogen and oxygen atoms in total. The van der Waals surface area contributed by atoms with Gasteiger partial charge in [0, 0.05) is 57.1 Å². The Morgan fingerprint density at radius 2 is 1.80 bits per heavy atom. The Morgan fingerprint density at radius 1 is 1.05 bits per heavy atom. The van der Waals surface area contributed by atoms with E-state index in [9.17, 15) is 18.0 Å². The van der Waals surface area contributed by atoms with E-state index in [2.05, 4.69) is 11.8 Å². The van der Waals surface area contributed by atoms with E-state index < -0.39 is 12.5 Å². The average Bonchev–Trinajstić information content (AvgIpc) is 3.70. The van der Waals surface area contributed by atoms with Crippen LogP contribution in [0.1, 0.15) is 19.0 Å². The highest BCUT2D eigenvalue weighted by molar-refractivity contribution is 7.14. The number of hydrogen-bond donors (Lipinski definition) is 0. The number of rotatable bonds is 7. The summed E-state index contributed by atoms with van der Waals surface area (Å²) in [5.74, 6) is -1.68. The summed E-state index contributed by atoms with van der Waals surface area (Å²) in [5.41, 5.74) is 3.24. The highest BCUT2D eigenvalue weighted by Crippen LogP contribution is 2.34. The molecule has 0 saturated carbocycles. The molecule has 41 heavy (non-hydrogen) atoms. The molecule has 1 amide bonds. The molecule has 2 fully saturated rings. The van der Waals surface area contributed by atoms with E-state index in [0.717, 1.165) is 39.4 Å². The number of nitrogens with zero attached hydrogens (tertiary/aromatic N) is 8. The van der Waals surface area contributed by atoms with E-state index in [1.54, 1.807) is 12.1 Å². The number of likely N-dealkylation sites (tertiary alicyclic amines) is 1. The zero-order valence-corrected chi connectivity index (χ0v) is 23.8. The van der Waals surface area contributed by atoms with Gasteiger partial charge in [-0.25, -0.2) is 23.1 Å². The van der Waals surface area contributed by atoms with Gasteiger partial charge in [-0.1, -0.05) is 6.92 Å². The Labute approximate surface area is 239 Å². The molecule has 216 valence electrons. The van der Waals surface area contributed by atoms with E-state index in [0.29, 0.717) is 32.6 Å². The lowest BCUT2D eigenvalue weighted by Gasteiger charge is -2.35. The molecule has 3 aromatic heterocycles. The second-order valence-electron chi connectivity index (χ2n) is 10.5. The van der Waals surface area contributed by atoms with Crippen molar-refractivity contribution in [3.8, 4) is 11.3 Å². The van der Waals surface area contributed by atoms with E-state index in [4.69, 9.17) is 15.1 Å². The first-order valence-corrected chi connectivity index (χ1v) is 14.6. The molecule has 0 N–H and O–H groups in total. The third kappa shape index (κ3) is 5.60. The summed E-state index contributed by atoms with van der Waals surface area (Å²) in [6.45, 7) is 4.44. The highest BCUT2D eigenvalue weighted by Gasteiger charge is 2.40. The van der Waals surface area contributed by atoms with E-state index in [1.807, 2.05) is 38.9 Å². The number of thiazole rings is 1. The van der Waals surface area contributed by atoms with Gasteiger partial charge in [0.05, 0.1) is 24.5 Å². The molecule has 0 bridgehead atoms. The third-order valence-corrected chi connectivity index (χ3v) is 8.58. The number of anilines is 3. The fourth-order valence-corrected chi connectivity index (χ4v) is 6.14. The van der Waals surface area contributed by atoms with Crippen LogP contribution in [0, 0.1) is 5.82 Å². The second kappa shape index (κ2) is 10.9. The van der Waals surface area contributed by atoms with Crippen LogP contribution in [0.4, 0.5) is 29.9 Å². The second-order valence-corrected chi connectivity index (χ2v) is 11.3. The SMILES string of the molecule is CCc1nc2ccc(N3CCN(CC(=O)N4CCC(F)(F)C4)CC3)nn2c1N(C)c1nc(-c2ccc(F)cc2)cs1. The molecule has 0 radical (unpaired) electrons. The Balaban J connectivity index is 1.17. The molecule has 0 spiro atoms. The number of aryl methyl sites for hydroxylation is 1. The lowest BCUT2D eigenvalue weighted by molar-refractivity contribution is -0.132. The molecular weight excluding hydrogens is 553 g/mol. The van der Waals surface area contributed by atoms with Gasteiger partial charge < -0.3 is 14.7 Å². The number of alkyl halides is 2. The van der Waals surface area contributed by atoms with Crippen molar-refractivity contribution in [2.45, 2.75) is 25.7 Å². The van der Waals surface area contributed by atoms with E-state index in [-0.39, 0.29) is 31.2 Å². The van der Waals surface area contributed by atoms with E-state index >= 15 is 0 Å². The molecule has 6 rings (SSSR count). The minimum Gasteiger partial charge on any atom is -0.353 e. The number of carbonyl (C=O) groups excluding carboxylic acids is 1. The molecule has 2 aliphatic rings. The molecule has 4 aromatic rings. The summed E-state index contributed by atoms with van der Waals surface area (Å²) in [7, 11) is 1.94. The van der Waals surface area contributed by atoms with Crippen molar-refractivity contribution in [2.75, 3.05) is 62.7 Å². The molecule has 0 atom stereocenters. The number of aromatic nitrogens is 4. The van der Waals surface area contributed by atoms with Gasteiger partial charge in [-0.15, -0.1) is 16.4 Å². The minimum absolute atomic E-state index is 0.117. The van der Waals surface area contributed by atoms with Gasteiger partial charge in [0.15, 0.2) is 16.6 Å². The summed E-state index contributed by atoms with van der Waals surface area (Å²) >= 11 is 1.49. The first-order valence-electron chi connectivity index (χ1n) is 13.7. The molecule has 1 aromatic carbocycles. The molecule has 2 saturated heterocycles. The van der Waals surface area contributed by atoms with Crippen LogP contribution in [0.25, 0.3) is 16.9 Å². The van der Waals surface area contributed by atoms with Gasteiger partial charge in [-0.05, 0) is 42.8 Å². The number of halogens is 3.